The fourth-order valence-corrected chi connectivity index (χ4v) is 1.41. The molecule has 0 fully saturated rings. The summed E-state index contributed by atoms with van der Waals surface area (Å²) < 4.78 is 0. The van der Waals surface area contributed by atoms with Gasteiger partial charge in [-0.25, -0.2) is 4.98 Å². The van der Waals surface area contributed by atoms with Gasteiger partial charge in [-0.15, -0.1) is 0 Å². The van der Waals surface area contributed by atoms with Crippen LogP contribution in [0.25, 0.3) is 0 Å². The SMILES string of the molecule is C[C@@H](NCc1cnc[nH]1)c1ccncc1. The number of aromatic nitrogens is 3. The lowest BCUT2D eigenvalue weighted by Gasteiger charge is -2.12. The second-order valence-corrected chi connectivity index (χ2v) is 3.46. The van der Waals surface area contributed by atoms with Gasteiger partial charge in [-0.2, -0.15) is 0 Å². The van der Waals surface area contributed by atoms with E-state index in [4.69, 9.17) is 0 Å². The Balaban J connectivity index is 1.90. The maximum absolute atomic E-state index is 3.99. The summed E-state index contributed by atoms with van der Waals surface area (Å²) in [6.07, 6.45) is 7.13. The van der Waals surface area contributed by atoms with Crippen LogP contribution in [0.1, 0.15) is 24.2 Å². The standard InChI is InChI=1S/C11H14N4/c1-9(10-2-4-12-5-3-10)14-7-11-6-13-8-15-11/h2-6,8-9,14H,7H2,1H3,(H,13,15)/t9-/m1/s1. The zero-order valence-corrected chi connectivity index (χ0v) is 8.64. The van der Waals surface area contributed by atoms with Crippen LogP contribution in [-0.2, 0) is 6.54 Å². The molecule has 0 saturated heterocycles. The molecule has 0 saturated carbocycles. The Labute approximate surface area is 88.8 Å². The molecular formula is C11H14N4. The molecule has 2 aromatic heterocycles. The minimum Gasteiger partial charge on any atom is -0.347 e. The summed E-state index contributed by atoms with van der Waals surface area (Å²) in [6, 6.07) is 4.35. The van der Waals surface area contributed by atoms with E-state index < -0.39 is 0 Å². The second kappa shape index (κ2) is 4.70. The maximum Gasteiger partial charge on any atom is 0.0922 e. The number of nitrogens with one attached hydrogen (secondary N) is 2. The van der Waals surface area contributed by atoms with Gasteiger partial charge in [-0.05, 0) is 24.6 Å². The number of hydrogen-bond acceptors (Lipinski definition) is 3. The molecule has 1 atom stereocenters. The maximum atomic E-state index is 3.99. The van der Waals surface area contributed by atoms with Crippen LogP contribution in [0.15, 0.2) is 37.1 Å². The quantitative estimate of drug-likeness (QED) is 0.792. The molecule has 15 heavy (non-hydrogen) atoms. The average molecular weight is 202 g/mol. The first kappa shape index (κ1) is 9.86. The van der Waals surface area contributed by atoms with Crippen molar-refractivity contribution in [1.29, 1.82) is 0 Å². The topological polar surface area (TPSA) is 53.6 Å². The zero-order chi connectivity index (χ0) is 10.5. The number of H-pyrrole nitrogens is 1. The number of hydrogen-bond donors (Lipinski definition) is 2. The van der Waals surface area contributed by atoms with Gasteiger partial charge in [0.15, 0.2) is 0 Å². The number of imidazole rings is 1. The Hall–Kier alpha value is -1.68. The molecule has 2 aromatic rings. The van der Waals surface area contributed by atoms with Gasteiger partial charge in [-0.3, -0.25) is 4.98 Å². The van der Waals surface area contributed by atoms with Gasteiger partial charge in [0.25, 0.3) is 0 Å². The van der Waals surface area contributed by atoms with Crippen LogP contribution in [0.3, 0.4) is 0 Å². The molecule has 0 aliphatic heterocycles. The first-order chi connectivity index (χ1) is 7.36. The van der Waals surface area contributed by atoms with E-state index in [1.165, 1.54) is 5.56 Å². The molecule has 0 unspecified atom stereocenters. The van der Waals surface area contributed by atoms with Crippen molar-refractivity contribution in [2.75, 3.05) is 0 Å². The lowest BCUT2D eigenvalue weighted by molar-refractivity contribution is 0.568. The highest BCUT2D eigenvalue weighted by Gasteiger charge is 2.03. The third-order valence-corrected chi connectivity index (χ3v) is 2.36. The lowest BCUT2D eigenvalue weighted by atomic mass is 10.1. The number of rotatable bonds is 4. The largest absolute Gasteiger partial charge is 0.347 e. The normalized spacial score (nSPS) is 12.6. The Bertz CT molecular complexity index is 382. The second-order valence-electron chi connectivity index (χ2n) is 3.46. The van der Waals surface area contributed by atoms with Crippen LogP contribution >= 0.6 is 0 Å². The van der Waals surface area contributed by atoms with Crippen molar-refractivity contribution in [2.45, 2.75) is 19.5 Å². The molecule has 0 radical (unpaired) electrons. The van der Waals surface area contributed by atoms with Crippen molar-refractivity contribution in [3.63, 3.8) is 0 Å². The van der Waals surface area contributed by atoms with Crippen molar-refractivity contribution in [1.82, 2.24) is 20.3 Å². The molecule has 4 nitrogen and oxygen atoms in total. The first-order valence-electron chi connectivity index (χ1n) is 4.97. The Morgan fingerprint density at radius 3 is 2.80 bits per heavy atom. The van der Waals surface area contributed by atoms with Crippen molar-refractivity contribution in [3.05, 3.63) is 48.3 Å². The van der Waals surface area contributed by atoms with E-state index in [-0.39, 0.29) is 0 Å². The van der Waals surface area contributed by atoms with Gasteiger partial charge in [-0.1, -0.05) is 0 Å². The number of nitrogens with zero attached hydrogens (tertiary/aromatic N) is 2. The highest BCUT2D eigenvalue weighted by Crippen LogP contribution is 2.10. The smallest absolute Gasteiger partial charge is 0.0922 e. The summed E-state index contributed by atoms with van der Waals surface area (Å²) in [7, 11) is 0. The van der Waals surface area contributed by atoms with Gasteiger partial charge in [0.1, 0.15) is 0 Å². The molecule has 0 aliphatic rings. The number of aromatic amines is 1. The molecule has 2 N–H and O–H groups in total. The number of pyridine rings is 1. The molecule has 78 valence electrons. The van der Waals surface area contributed by atoms with E-state index in [0.29, 0.717) is 6.04 Å². The van der Waals surface area contributed by atoms with E-state index in [0.717, 1.165) is 12.2 Å². The summed E-state index contributed by atoms with van der Waals surface area (Å²) in [6.45, 7) is 2.93. The van der Waals surface area contributed by atoms with Gasteiger partial charge in [0, 0.05) is 36.9 Å². The summed E-state index contributed by atoms with van der Waals surface area (Å²) >= 11 is 0. The molecule has 2 rings (SSSR count). The molecule has 0 amide bonds. The Kier molecular flexibility index (Phi) is 3.09. The fraction of sp³-hybridized carbons (Fsp3) is 0.273. The van der Waals surface area contributed by atoms with Crippen LogP contribution in [0.5, 0.6) is 0 Å². The molecule has 4 heteroatoms. The van der Waals surface area contributed by atoms with Gasteiger partial charge in [0.2, 0.25) is 0 Å². The van der Waals surface area contributed by atoms with E-state index >= 15 is 0 Å². The van der Waals surface area contributed by atoms with Crippen molar-refractivity contribution in [3.8, 4) is 0 Å². The summed E-state index contributed by atoms with van der Waals surface area (Å²) in [5, 5.41) is 3.40. The van der Waals surface area contributed by atoms with Crippen molar-refractivity contribution in [2.24, 2.45) is 0 Å². The first-order valence-corrected chi connectivity index (χ1v) is 4.97. The highest BCUT2D eigenvalue weighted by atomic mass is 15.0. The molecule has 0 aliphatic carbocycles. The Morgan fingerprint density at radius 1 is 1.33 bits per heavy atom. The molecular weight excluding hydrogens is 188 g/mol. The van der Waals surface area contributed by atoms with Crippen LogP contribution < -0.4 is 5.32 Å². The third-order valence-electron chi connectivity index (χ3n) is 2.36. The highest BCUT2D eigenvalue weighted by molar-refractivity contribution is 5.14. The van der Waals surface area contributed by atoms with E-state index in [9.17, 15) is 0 Å². The zero-order valence-electron chi connectivity index (χ0n) is 8.64. The van der Waals surface area contributed by atoms with Gasteiger partial charge >= 0.3 is 0 Å². The Morgan fingerprint density at radius 2 is 2.13 bits per heavy atom. The summed E-state index contributed by atoms with van der Waals surface area (Å²) in [4.78, 5) is 11.0. The lowest BCUT2D eigenvalue weighted by Crippen LogP contribution is -2.18. The van der Waals surface area contributed by atoms with Crippen LogP contribution in [-0.4, -0.2) is 15.0 Å². The van der Waals surface area contributed by atoms with Crippen LogP contribution in [0.4, 0.5) is 0 Å². The van der Waals surface area contributed by atoms with Crippen LogP contribution in [0.2, 0.25) is 0 Å². The molecule has 2 heterocycles. The predicted octanol–water partition coefficient (Wildman–Crippen LogP) is 1.66. The summed E-state index contributed by atoms with van der Waals surface area (Å²) in [5.41, 5.74) is 2.33. The molecule has 0 bridgehead atoms. The summed E-state index contributed by atoms with van der Waals surface area (Å²) in [5.74, 6) is 0. The van der Waals surface area contributed by atoms with Crippen LogP contribution in [0, 0.1) is 0 Å². The van der Waals surface area contributed by atoms with Crippen molar-refractivity contribution < 1.29 is 0 Å². The van der Waals surface area contributed by atoms with Crippen molar-refractivity contribution >= 4 is 0 Å². The third kappa shape index (κ3) is 2.63. The minimum atomic E-state index is 0.316. The predicted molar refractivity (Wildman–Crippen MR) is 58.1 cm³/mol. The molecule has 0 aromatic carbocycles. The average Bonchev–Trinajstić information content (AvgIpc) is 2.80. The molecule has 0 spiro atoms. The fourth-order valence-electron chi connectivity index (χ4n) is 1.41. The monoisotopic (exact) mass is 202 g/mol. The van der Waals surface area contributed by atoms with E-state index in [1.807, 2.05) is 30.7 Å². The van der Waals surface area contributed by atoms with Gasteiger partial charge in [0.05, 0.1) is 6.33 Å². The van der Waals surface area contributed by atoms with E-state index in [1.54, 1.807) is 6.33 Å². The van der Waals surface area contributed by atoms with E-state index in [2.05, 4.69) is 27.2 Å². The van der Waals surface area contributed by atoms with Gasteiger partial charge < -0.3 is 10.3 Å². The minimum absolute atomic E-state index is 0.316.